The third-order valence-electron chi connectivity index (χ3n) is 5.99. The molecule has 4 rings (SSSR count). The van der Waals surface area contributed by atoms with Gasteiger partial charge in [-0.25, -0.2) is 4.98 Å². The van der Waals surface area contributed by atoms with Crippen LogP contribution in [0.2, 0.25) is 0 Å². The van der Waals surface area contributed by atoms with Gasteiger partial charge in [0.05, 0.1) is 17.4 Å². The van der Waals surface area contributed by atoms with E-state index in [0.29, 0.717) is 10.8 Å². The van der Waals surface area contributed by atoms with E-state index in [4.69, 9.17) is 0 Å². The Kier molecular flexibility index (Phi) is 8.41. The molecule has 1 unspecified atom stereocenters. The first kappa shape index (κ1) is 24.8. The SMILES string of the molecule is CC(=O)N(c1ccccc1)c1nc(/C=C/C(=O)NC(CN2CCN(C)CC2)c2ccccc2)cs1. The first-order chi connectivity index (χ1) is 17.0. The molecule has 0 radical (unpaired) electrons. The second kappa shape index (κ2) is 11.9. The molecule has 182 valence electrons. The summed E-state index contributed by atoms with van der Waals surface area (Å²) in [7, 11) is 2.14. The first-order valence-electron chi connectivity index (χ1n) is 11.8. The molecule has 0 bridgehead atoms. The van der Waals surface area contributed by atoms with Crippen LogP contribution in [0.5, 0.6) is 0 Å². The fourth-order valence-electron chi connectivity index (χ4n) is 4.05. The number of carbonyl (C=O) groups is 2. The van der Waals surface area contributed by atoms with Gasteiger partial charge in [-0.2, -0.15) is 0 Å². The lowest BCUT2D eigenvalue weighted by molar-refractivity contribution is -0.117. The van der Waals surface area contributed by atoms with Gasteiger partial charge in [0.1, 0.15) is 0 Å². The topological polar surface area (TPSA) is 68.8 Å². The zero-order valence-corrected chi connectivity index (χ0v) is 20.9. The largest absolute Gasteiger partial charge is 0.344 e. The lowest BCUT2D eigenvalue weighted by atomic mass is 10.1. The Hall–Kier alpha value is -3.33. The number of hydrogen-bond acceptors (Lipinski definition) is 6. The van der Waals surface area contributed by atoms with Crippen molar-refractivity contribution in [3.63, 3.8) is 0 Å². The minimum atomic E-state index is -0.172. The Morgan fingerprint density at radius 3 is 2.37 bits per heavy atom. The van der Waals surface area contributed by atoms with E-state index in [1.807, 2.05) is 53.9 Å². The van der Waals surface area contributed by atoms with Gasteiger partial charge in [0, 0.05) is 51.1 Å². The number of piperazine rings is 1. The maximum absolute atomic E-state index is 12.9. The Labute approximate surface area is 210 Å². The highest BCUT2D eigenvalue weighted by atomic mass is 32.1. The summed E-state index contributed by atoms with van der Waals surface area (Å²) in [5.74, 6) is -0.289. The summed E-state index contributed by atoms with van der Waals surface area (Å²) < 4.78 is 0. The molecule has 0 spiro atoms. The summed E-state index contributed by atoms with van der Waals surface area (Å²) in [6, 6.07) is 19.4. The molecule has 1 atom stereocenters. The third kappa shape index (κ3) is 6.85. The van der Waals surface area contributed by atoms with E-state index in [1.165, 1.54) is 24.3 Å². The van der Waals surface area contributed by atoms with E-state index in [9.17, 15) is 9.59 Å². The molecule has 1 aliphatic heterocycles. The first-order valence-corrected chi connectivity index (χ1v) is 12.6. The molecule has 8 heteroatoms. The van der Waals surface area contributed by atoms with E-state index in [2.05, 4.69) is 39.3 Å². The maximum Gasteiger partial charge on any atom is 0.244 e. The predicted octanol–water partition coefficient (Wildman–Crippen LogP) is 3.95. The Balaban J connectivity index is 1.43. The van der Waals surface area contributed by atoms with Gasteiger partial charge in [0.25, 0.3) is 0 Å². The Morgan fingerprint density at radius 2 is 1.71 bits per heavy atom. The number of benzene rings is 2. The highest BCUT2D eigenvalue weighted by Gasteiger charge is 2.21. The molecule has 2 heterocycles. The van der Waals surface area contributed by atoms with Crippen LogP contribution in [-0.2, 0) is 9.59 Å². The normalized spacial score (nSPS) is 15.7. The lowest BCUT2D eigenvalue weighted by Gasteiger charge is -2.34. The number of carbonyl (C=O) groups excluding carboxylic acids is 2. The number of para-hydroxylation sites is 1. The molecule has 0 aliphatic carbocycles. The summed E-state index contributed by atoms with van der Waals surface area (Å²) in [4.78, 5) is 36.0. The van der Waals surface area contributed by atoms with Crippen molar-refractivity contribution in [2.24, 2.45) is 0 Å². The number of anilines is 2. The van der Waals surface area contributed by atoms with Gasteiger partial charge >= 0.3 is 0 Å². The van der Waals surface area contributed by atoms with Crippen LogP contribution in [0.4, 0.5) is 10.8 Å². The van der Waals surface area contributed by atoms with Gasteiger partial charge < -0.3 is 10.2 Å². The predicted molar refractivity (Wildman–Crippen MR) is 142 cm³/mol. The van der Waals surface area contributed by atoms with Gasteiger partial charge in [-0.3, -0.25) is 19.4 Å². The van der Waals surface area contributed by atoms with Gasteiger partial charge in [0.2, 0.25) is 11.8 Å². The molecule has 2 aromatic carbocycles. The average Bonchev–Trinajstić information content (AvgIpc) is 3.33. The van der Waals surface area contributed by atoms with Crippen LogP contribution in [0.1, 0.15) is 24.2 Å². The van der Waals surface area contributed by atoms with Crippen molar-refractivity contribution in [3.05, 3.63) is 83.4 Å². The van der Waals surface area contributed by atoms with Crippen LogP contribution in [0, 0.1) is 0 Å². The molecule has 3 aromatic rings. The highest BCUT2D eigenvalue weighted by molar-refractivity contribution is 7.14. The van der Waals surface area contributed by atoms with Gasteiger partial charge in [-0.15, -0.1) is 11.3 Å². The number of nitrogens with one attached hydrogen (secondary N) is 1. The minimum Gasteiger partial charge on any atom is -0.344 e. The van der Waals surface area contributed by atoms with Crippen molar-refractivity contribution in [2.45, 2.75) is 13.0 Å². The van der Waals surface area contributed by atoms with Crippen LogP contribution in [0.15, 0.2) is 72.1 Å². The summed E-state index contributed by atoms with van der Waals surface area (Å²) >= 11 is 1.37. The standard InChI is InChI=1S/C27H31N5O2S/c1-21(33)32(24-11-7-4-8-12-24)27-28-23(20-35-27)13-14-26(34)29-25(22-9-5-3-6-10-22)19-31-17-15-30(2)16-18-31/h3-14,20,25H,15-19H2,1-2H3,(H,29,34)/b14-13+. The van der Waals surface area contributed by atoms with E-state index in [-0.39, 0.29) is 17.9 Å². The van der Waals surface area contributed by atoms with Crippen molar-refractivity contribution in [3.8, 4) is 0 Å². The number of rotatable bonds is 8. The van der Waals surface area contributed by atoms with Crippen LogP contribution in [-0.4, -0.2) is 66.4 Å². The van der Waals surface area contributed by atoms with Crippen molar-refractivity contribution in [1.82, 2.24) is 20.1 Å². The number of aromatic nitrogens is 1. The smallest absolute Gasteiger partial charge is 0.244 e. The third-order valence-corrected chi connectivity index (χ3v) is 6.83. The minimum absolute atomic E-state index is 0.103. The van der Waals surface area contributed by atoms with Crippen molar-refractivity contribution in [2.75, 3.05) is 44.7 Å². The molecule has 1 aliphatic rings. The quantitative estimate of drug-likeness (QED) is 0.486. The molecule has 1 aromatic heterocycles. The number of hydrogen-bond donors (Lipinski definition) is 1. The number of nitrogens with zero attached hydrogens (tertiary/aromatic N) is 4. The molecular formula is C27H31N5O2S. The molecular weight excluding hydrogens is 458 g/mol. The second-order valence-corrected chi connectivity index (χ2v) is 9.49. The molecule has 7 nitrogen and oxygen atoms in total. The highest BCUT2D eigenvalue weighted by Crippen LogP contribution is 2.29. The monoisotopic (exact) mass is 489 g/mol. The zero-order chi connectivity index (χ0) is 24.6. The summed E-state index contributed by atoms with van der Waals surface area (Å²) in [6.07, 6.45) is 3.20. The fourth-order valence-corrected chi connectivity index (χ4v) is 4.90. The fraction of sp³-hybridized carbons (Fsp3) is 0.296. The molecule has 1 fully saturated rings. The number of likely N-dealkylation sites (N-methyl/N-ethyl adjacent to an activating group) is 1. The van der Waals surface area contributed by atoms with Crippen LogP contribution < -0.4 is 10.2 Å². The average molecular weight is 490 g/mol. The maximum atomic E-state index is 12.9. The molecule has 1 saturated heterocycles. The Bertz CT molecular complexity index is 1140. The summed E-state index contributed by atoms with van der Waals surface area (Å²) in [6.45, 7) is 6.32. The van der Waals surface area contributed by atoms with E-state index in [0.717, 1.165) is 44.0 Å². The zero-order valence-electron chi connectivity index (χ0n) is 20.1. The van der Waals surface area contributed by atoms with Crippen LogP contribution in [0.3, 0.4) is 0 Å². The molecule has 35 heavy (non-hydrogen) atoms. The van der Waals surface area contributed by atoms with Crippen LogP contribution >= 0.6 is 11.3 Å². The second-order valence-electron chi connectivity index (χ2n) is 8.65. The molecule has 2 amide bonds. The van der Waals surface area contributed by atoms with E-state index in [1.54, 1.807) is 11.0 Å². The van der Waals surface area contributed by atoms with Gasteiger partial charge in [-0.05, 0) is 30.8 Å². The summed E-state index contributed by atoms with van der Waals surface area (Å²) in [5.41, 5.74) is 2.49. The van der Waals surface area contributed by atoms with E-state index < -0.39 is 0 Å². The number of thiazole rings is 1. The van der Waals surface area contributed by atoms with Crippen molar-refractivity contribution in [1.29, 1.82) is 0 Å². The number of amides is 2. The summed E-state index contributed by atoms with van der Waals surface area (Å²) in [5, 5.41) is 5.58. The van der Waals surface area contributed by atoms with Crippen LogP contribution in [0.25, 0.3) is 6.08 Å². The van der Waals surface area contributed by atoms with Crippen molar-refractivity contribution >= 4 is 40.0 Å². The Morgan fingerprint density at radius 1 is 1.06 bits per heavy atom. The molecule has 1 N–H and O–H groups in total. The van der Waals surface area contributed by atoms with Gasteiger partial charge in [0.15, 0.2) is 5.13 Å². The molecule has 0 saturated carbocycles. The van der Waals surface area contributed by atoms with Gasteiger partial charge in [-0.1, -0.05) is 48.5 Å². The van der Waals surface area contributed by atoms with E-state index >= 15 is 0 Å². The van der Waals surface area contributed by atoms with Crippen molar-refractivity contribution < 1.29 is 9.59 Å². The lowest BCUT2D eigenvalue weighted by Crippen LogP contribution is -2.47.